The van der Waals surface area contributed by atoms with Crippen molar-refractivity contribution in [1.82, 2.24) is 9.55 Å². The van der Waals surface area contributed by atoms with Gasteiger partial charge in [-0.3, -0.25) is 14.3 Å². The third kappa shape index (κ3) is 4.28. The van der Waals surface area contributed by atoms with Crippen LogP contribution in [-0.4, -0.2) is 22.6 Å². The monoisotopic (exact) mass is 364 g/mol. The number of aromatic amines is 1. The Morgan fingerprint density at radius 1 is 0.963 bits per heavy atom. The first-order chi connectivity index (χ1) is 13.1. The van der Waals surface area contributed by atoms with Crippen molar-refractivity contribution < 1.29 is 0 Å². The van der Waals surface area contributed by atoms with E-state index in [9.17, 15) is 9.59 Å². The van der Waals surface area contributed by atoms with Crippen molar-refractivity contribution in [2.75, 3.05) is 23.7 Å². The van der Waals surface area contributed by atoms with Crippen LogP contribution >= 0.6 is 0 Å². The predicted octanol–water partition coefficient (Wildman–Crippen LogP) is 2.24. The quantitative estimate of drug-likeness (QED) is 0.673. The molecule has 0 saturated heterocycles. The normalized spacial score (nSPS) is 10.7. The summed E-state index contributed by atoms with van der Waals surface area (Å²) >= 11 is 0. The van der Waals surface area contributed by atoms with Gasteiger partial charge in [0.05, 0.1) is 6.54 Å². The lowest BCUT2D eigenvalue weighted by Crippen LogP contribution is -2.39. The Labute approximate surface area is 157 Å². The highest BCUT2D eigenvalue weighted by Gasteiger charge is 2.18. The van der Waals surface area contributed by atoms with Crippen LogP contribution in [0.15, 0.2) is 70.3 Å². The number of hydrogen-bond acceptors (Lipinski definition) is 4. The van der Waals surface area contributed by atoms with Crippen LogP contribution < -0.4 is 21.9 Å². The smallest absolute Gasteiger partial charge is 0.330 e. The molecule has 0 atom stereocenters. The van der Waals surface area contributed by atoms with E-state index in [0.29, 0.717) is 25.3 Å². The van der Waals surface area contributed by atoms with Crippen molar-refractivity contribution in [3.8, 4) is 0 Å². The minimum atomic E-state index is -0.496. The maximum atomic E-state index is 12.5. The van der Waals surface area contributed by atoms with Crippen LogP contribution in [0.5, 0.6) is 0 Å². The van der Waals surface area contributed by atoms with Gasteiger partial charge in [0.15, 0.2) is 0 Å². The van der Waals surface area contributed by atoms with Crippen LogP contribution in [0.2, 0.25) is 0 Å². The number of nitrogens with zero attached hydrogens (tertiary/aromatic N) is 2. The molecule has 0 aliphatic heterocycles. The van der Waals surface area contributed by atoms with Crippen LogP contribution in [0, 0.1) is 0 Å². The van der Waals surface area contributed by atoms with Gasteiger partial charge in [0.2, 0.25) is 0 Å². The minimum Gasteiger partial charge on any atom is -0.383 e. The Morgan fingerprint density at radius 3 is 2.15 bits per heavy atom. The molecule has 6 nitrogen and oxygen atoms in total. The Kier molecular flexibility index (Phi) is 5.76. The molecule has 1 aromatic heterocycles. The highest BCUT2D eigenvalue weighted by atomic mass is 16.2. The standard InChI is InChI=1S/C21H24N4O2/c1-2-24(14-13-16-9-5-3-6-10-16)18-19(22)25(21(27)23-20(18)26)15-17-11-7-4-8-12-17/h3-12H,2,13-15,22H2,1H3,(H,23,26,27). The van der Waals surface area contributed by atoms with Gasteiger partial charge in [-0.15, -0.1) is 0 Å². The van der Waals surface area contributed by atoms with Gasteiger partial charge >= 0.3 is 5.69 Å². The topological polar surface area (TPSA) is 84.1 Å². The SMILES string of the molecule is CCN(CCc1ccccc1)c1c(N)n(Cc2ccccc2)c(=O)[nH]c1=O. The molecule has 0 aliphatic carbocycles. The van der Waals surface area contributed by atoms with E-state index in [1.165, 1.54) is 10.1 Å². The summed E-state index contributed by atoms with van der Waals surface area (Å²) in [5.41, 5.74) is 7.81. The number of benzene rings is 2. The van der Waals surface area contributed by atoms with E-state index < -0.39 is 11.2 Å². The van der Waals surface area contributed by atoms with E-state index in [-0.39, 0.29) is 5.82 Å². The minimum absolute atomic E-state index is 0.197. The summed E-state index contributed by atoms with van der Waals surface area (Å²) in [7, 11) is 0. The summed E-state index contributed by atoms with van der Waals surface area (Å²) < 4.78 is 1.41. The molecule has 2 aromatic carbocycles. The zero-order valence-electron chi connectivity index (χ0n) is 15.4. The molecule has 140 valence electrons. The van der Waals surface area contributed by atoms with E-state index in [1.807, 2.05) is 60.4 Å². The van der Waals surface area contributed by atoms with Crippen LogP contribution in [0.1, 0.15) is 18.1 Å². The number of nitrogens with one attached hydrogen (secondary N) is 1. The average molecular weight is 364 g/mol. The molecule has 0 spiro atoms. The Hall–Kier alpha value is -3.28. The lowest BCUT2D eigenvalue weighted by molar-refractivity contribution is 0.716. The molecule has 1 heterocycles. The number of nitrogens with two attached hydrogens (primary N) is 1. The summed E-state index contributed by atoms with van der Waals surface area (Å²) in [6.07, 6.45) is 0.783. The average Bonchev–Trinajstić information content (AvgIpc) is 2.69. The lowest BCUT2D eigenvalue weighted by atomic mass is 10.1. The summed E-state index contributed by atoms with van der Waals surface area (Å²) in [6, 6.07) is 19.6. The van der Waals surface area contributed by atoms with Gasteiger partial charge in [0.25, 0.3) is 5.56 Å². The molecule has 27 heavy (non-hydrogen) atoms. The van der Waals surface area contributed by atoms with Crippen LogP contribution in [0.3, 0.4) is 0 Å². The van der Waals surface area contributed by atoms with Gasteiger partial charge < -0.3 is 10.6 Å². The van der Waals surface area contributed by atoms with E-state index in [4.69, 9.17) is 5.73 Å². The summed E-state index contributed by atoms with van der Waals surface area (Å²) in [6.45, 7) is 3.53. The fourth-order valence-corrected chi connectivity index (χ4v) is 3.14. The number of anilines is 2. The first-order valence-corrected chi connectivity index (χ1v) is 9.05. The third-order valence-electron chi connectivity index (χ3n) is 4.61. The maximum Gasteiger partial charge on any atom is 0.330 e. The molecule has 0 bridgehead atoms. The van der Waals surface area contributed by atoms with Crippen molar-refractivity contribution in [1.29, 1.82) is 0 Å². The highest BCUT2D eigenvalue weighted by molar-refractivity contribution is 5.62. The fraction of sp³-hybridized carbons (Fsp3) is 0.238. The highest BCUT2D eigenvalue weighted by Crippen LogP contribution is 2.18. The molecule has 0 saturated carbocycles. The molecule has 6 heteroatoms. The molecule has 3 aromatic rings. The van der Waals surface area contributed by atoms with Crippen LogP contribution in [0.4, 0.5) is 11.5 Å². The molecular formula is C21H24N4O2. The fourth-order valence-electron chi connectivity index (χ4n) is 3.14. The number of H-pyrrole nitrogens is 1. The molecule has 3 N–H and O–H groups in total. The first kappa shape index (κ1) is 18.5. The molecule has 0 aliphatic rings. The molecule has 0 amide bonds. The van der Waals surface area contributed by atoms with Crippen molar-refractivity contribution in [2.24, 2.45) is 0 Å². The van der Waals surface area contributed by atoms with E-state index >= 15 is 0 Å². The van der Waals surface area contributed by atoms with Gasteiger partial charge in [-0.2, -0.15) is 0 Å². The number of rotatable bonds is 7. The molecule has 3 rings (SSSR count). The van der Waals surface area contributed by atoms with Gasteiger partial charge in [-0.25, -0.2) is 4.79 Å². The second-order valence-electron chi connectivity index (χ2n) is 6.38. The number of hydrogen-bond donors (Lipinski definition) is 2. The molecule has 0 unspecified atom stereocenters. The van der Waals surface area contributed by atoms with Crippen molar-refractivity contribution >= 4 is 11.5 Å². The molecule has 0 radical (unpaired) electrons. The maximum absolute atomic E-state index is 12.5. The van der Waals surface area contributed by atoms with Crippen molar-refractivity contribution in [2.45, 2.75) is 19.9 Å². The lowest BCUT2D eigenvalue weighted by Gasteiger charge is -2.25. The summed E-state index contributed by atoms with van der Waals surface area (Å²) in [5.74, 6) is 0.197. The van der Waals surface area contributed by atoms with Crippen molar-refractivity contribution in [3.05, 3.63) is 92.6 Å². The zero-order valence-corrected chi connectivity index (χ0v) is 15.4. The second-order valence-corrected chi connectivity index (χ2v) is 6.38. The Balaban J connectivity index is 1.92. The second kappa shape index (κ2) is 8.40. The molecule has 0 fully saturated rings. The van der Waals surface area contributed by atoms with Crippen LogP contribution in [0.25, 0.3) is 0 Å². The first-order valence-electron chi connectivity index (χ1n) is 9.05. The number of aromatic nitrogens is 2. The van der Waals surface area contributed by atoms with E-state index in [2.05, 4.69) is 17.1 Å². The van der Waals surface area contributed by atoms with Crippen molar-refractivity contribution in [3.63, 3.8) is 0 Å². The predicted molar refractivity (Wildman–Crippen MR) is 109 cm³/mol. The van der Waals surface area contributed by atoms with Gasteiger partial charge in [0, 0.05) is 13.1 Å². The summed E-state index contributed by atoms with van der Waals surface area (Å²) in [4.78, 5) is 29.1. The zero-order chi connectivity index (χ0) is 19.2. The molecular weight excluding hydrogens is 340 g/mol. The van der Waals surface area contributed by atoms with Gasteiger partial charge in [-0.05, 0) is 24.5 Å². The third-order valence-corrected chi connectivity index (χ3v) is 4.61. The number of nitrogen functional groups attached to an aromatic ring is 1. The van der Waals surface area contributed by atoms with Gasteiger partial charge in [-0.1, -0.05) is 60.7 Å². The number of likely N-dealkylation sites (N-methyl/N-ethyl adjacent to an activating group) is 1. The summed E-state index contributed by atoms with van der Waals surface area (Å²) in [5, 5.41) is 0. The Bertz CT molecular complexity index is 994. The van der Waals surface area contributed by atoms with Gasteiger partial charge in [0.1, 0.15) is 11.5 Å². The van der Waals surface area contributed by atoms with E-state index in [0.717, 1.165) is 12.0 Å². The largest absolute Gasteiger partial charge is 0.383 e. The van der Waals surface area contributed by atoms with E-state index in [1.54, 1.807) is 0 Å². The Morgan fingerprint density at radius 2 is 1.56 bits per heavy atom. The van der Waals surface area contributed by atoms with Crippen LogP contribution in [-0.2, 0) is 13.0 Å².